The topological polar surface area (TPSA) is 24.9 Å². The van der Waals surface area contributed by atoms with Crippen LogP contribution in [0.15, 0.2) is 48.8 Å². The average Bonchev–Trinajstić information content (AvgIpc) is 3.00. The fourth-order valence-electron chi connectivity index (χ4n) is 3.53. The first-order valence-corrected chi connectivity index (χ1v) is 7.82. The monoisotopic (exact) mass is 316 g/mol. The molecule has 1 aliphatic carbocycles. The van der Waals surface area contributed by atoms with E-state index in [1.165, 1.54) is 5.56 Å². The third-order valence-electron chi connectivity index (χ3n) is 4.48. The lowest BCUT2D eigenvalue weighted by Gasteiger charge is -2.38. The summed E-state index contributed by atoms with van der Waals surface area (Å²) < 4.78 is 0. The molecule has 4 rings (SSSR count). The van der Waals surface area contributed by atoms with E-state index in [4.69, 9.17) is 23.2 Å². The van der Waals surface area contributed by atoms with Crippen LogP contribution < -0.4 is 5.32 Å². The van der Waals surface area contributed by atoms with E-state index >= 15 is 0 Å². The van der Waals surface area contributed by atoms with Crippen LogP contribution in [-0.2, 0) is 0 Å². The summed E-state index contributed by atoms with van der Waals surface area (Å²) in [5.41, 5.74) is 3.34. The van der Waals surface area contributed by atoms with E-state index in [0.717, 1.165) is 27.7 Å². The first-order chi connectivity index (χ1) is 10.3. The number of aromatic nitrogens is 1. The lowest BCUT2D eigenvalue weighted by molar-refractivity contribution is 0.425. The molecular weight excluding hydrogens is 303 g/mol. The molecule has 0 saturated carbocycles. The van der Waals surface area contributed by atoms with E-state index in [1.54, 1.807) is 0 Å². The van der Waals surface area contributed by atoms with Gasteiger partial charge in [0.15, 0.2) is 0 Å². The molecule has 3 atom stereocenters. The van der Waals surface area contributed by atoms with Gasteiger partial charge in [0.1, 0.15) is 0 Å². The van der Waals surface area contributed by atoms with Gasteiger partial charge >= 0.3 is 0 Å². The minimum Gasteiger partial charge on any atom is -0.376 e. The summed E-state index contributed by atoms with van der Waals surface area (Å²) in [6.07, 6.45) is 9.23. The molecule has 1 N–H and O–H groups in total. The Labute approximate surface area is 133 Å². The van der Waals surface area contributed by atoms with E-state index in [0.29, 0.717) is 11.8 Å². The highest BCUT2D eigenvalue weighted by atomic mass is 35.5. The number of nitrogens with one attached hydrogen (secondary N) is 1. The van der Waals surface area contributed by atoms with Crippen LogP contribution >= 0.6 is 23.2 Å². The maximum absolute atomic E-state index is 6.43. The fourth-order valence-corrected chi connectivity index (χ4v) is 4.03. The van der Waals surface area contributed by atoms with Gasteiger partial charge in [0.05, 0.1) is 16.8 Å². The van der Waals surface area contributed by atoms with Gasteiger partial charge in [-0.25, -0.2) is 0 Å². The summed E-state index contributed by atoms with van der Waals surface area (Å²) in [4.78, 5) is 4.11. The van der Waals surface area contributed by atoms with Gasteiger partial charge in [-0.2, -0.15) is 0 Å². The Morgan fingerprint density at radius 1 is 1.05 bits per heavy atom. The number of anilines is 1. The predicted octanol–water partition coefficient (Wildman–Crippen LogP) is 5.21. The third-order valence-corrected chi connectivity index (χ3v) is 5.13. The summed E-state index contributed by atoms with van der Waals surface area (Å²) in [6, 6.07) is 8.11. The Morgan fingerprint density at radius 3 is 2.62 bits per heavy atom. The number of halogens is 2. The van der Waals surface area contributed by atoms with Gasteiger partial charge < -0.3 is 5.32 Å². The first kappa shape index (κ1) is 13.2. The number of hydrogen-bond acceptors (Lipinski definition) is 2. The SMILES string of the molecule is Clc1ccc(Cl)c2c1N[C@@H](c1ccncc1)[C@H]1CC=C[C@@H]21. The van der Waals surface area contributed by atoms with Gasteiger partial charge in [0, 0.05) is 28.9 Å². The lowest BCUT2D eigenvalue weighted by Crippen LogP contribution is -2.29. The smallest absolute Gasteiger partial charge is 0.0641 e. The molecule has 4 heteroatoms. The molecule has 0 saturated heterocycles. The van der Waals surface area contributed by atoms with Crippen molar-refractivity contribution in [3.63, 3.8) is 0 Å². The van der Waals surface area contributed by atoms with Crippen molar-refractivity contribution in [2.24, 2.45) is 5.92 Å². The largest absolute Gasteiger partial charge is 0.376 e. The van der Waals surface area contributed by atoms with E-state index in [-0.39, 0.29) is 6.04 Å². The molecule has 0 unspecified atom stereocenters. The highest BCUT2D eigenvalue weighted by molar-refractivity contribution is 6.36. The zero-order valence-electron chi connectivity index (χ0n) is 11.3. The molecule has 0 radical (unpaired) electrons. The predicted molar refractivity (Wildman–Crippen MR) is 87.1 cm³/mol. The van der Waals surface area contributed by atoms with Crippen LogP contribution in [0.3, 0.4) is 0 Å². The van der Waals surface area contributed by atoms with E-state index in [1.807, 2.05) is 24.5 Å². The van der Waals surface area contributed by atoms with Crippen molar-refractivity contribution in [1.29, 1.82) is 0 Å². The number of nitrogens with zero attached hydrogens (tertiary/aromatic N) is 1. The van der Waals surface area contributed by atoms with E-state index < -0.39 is 0 Å². The van der Waals surface area contributed by atoms with Crippen molar-refractivity contribution in [3.8, 4) is 0 Å². The van der Waals surface area contributed by atoms with Crippen LogP contribution in [0.4, 0.5) is 5.69 Å². The van der Waals surface area contributed by atoms with Crippen molar-refractivity contribution in [1.82, 2.24) is 4.98 Å². The van der Waals surface area contributed by atoms with Gasteiger partial charge in [0.25, 0.3) is 0 Å². The standard InChI is InChI=1S/C17H14Cl2N2/c18-13-4-5-14(19)17-15(13)11-2-1-3-12(11)16(21-17)10-6-8-20-9-7-10/h1-2,4-9,11-12,16,21H,3H2/t11-,12+,16+/m1/s1. The minimum atomic E-state index is 0.233. The van der Waals surface area contributed by atoms with Crippen LogP contribution in [0.5, 0.6) is 0 Å². The highest BCUT2D eigenvalue weighted by Gasteiger charge is 2.39. The van der Waals surface area contributed by atoms with Crippen molar-refractivity contribution < 1.29 is 0 Å². The van der Waals surface area contributed by atoms with Crippen LogP contribution in [0, 0.1) is 5.92 Å². The first-order valence-electron chi connectivity index (χ1n) is 7.06. The summed E-state index contributed by atoms with van der Waals surface area (Å²) in [5.74, 6) is 0.793. The summed E-state index contributed by atoms with van der Waals surface area (Å²) >= 11 is 12.8. The zero-order valence-corrected chi connectivity index (χ0v) is 12.8. The average molecular weight is 317 g/mol. The van der Waals surface area contributed by atoms with E-state index in [9.17, 15) is 0 Å². The Bertz CT molecular complexity index is 712. The molecule has 1 aromatic heterocycles. The highest BCUT2D eigenvalue weighted by Crippen LogP contribution is 2.53. The van der Waals surface area contributed by atoms with Gasteiger partial charge in [-0.15, -0.1) is 0 Å². The Morgan fingerprint density at radius 2 is 1.81 bits per heavy atom. The van der Waals surface area contributed by atoms with E-state index in [2.05, 4.69) is 34.6 Å². The lowest BCUT2D eigenvalue weighted by atomic mass is 9.77. The summed E-state index contributed by atoms with van der Waals surface area (Å²) in [6.45, 7) is 0. The Kier molecular flexibility index (Phi) is 3.16. The molecule has 2 nitrogen and oxygen atoms in total. The van der Waals surface area contributed by atoms with Gasteiger partial charge in [-0.3, -0.25) is 4.98 Å². The van der Waals surface area contributed by atoms with Crippen LogP contribution in [0.25, 0.3) is 0 Å². The van der Waals surface area contributed by atoms with Crippen LogP contribution in [-0.4, -0.2) is 4.98 Å². The number of pyridine rings is 1. The number of benzene rings is 1. The molecule has 0 amide bonds. The molecule has 0 bridgehead atoms. The second-order valence-corrected chi connectivity index (χ2v) is 6.39. The number of fused-ring (bicyclic) bond motifs is 3. The van der Waals surface area contributed by atoms with Crippen molar-refractivity contribution in [2.75, 3.05) is 5.32 Å². The Hall–Kier alpha value is -1.51. The molecule has 2 heterocycles. The van der Waals surface area contributed by atoms with Crippen LogP contribution in [0.1, 0.15) is 29.5 Å². The molecule has 1 aliphatic heterocycles. The maximum Gasteiger partial charge on any atom is 0.0641 e. The quantitative estimate of drug-likeness (QED) is 0.730. The number of rotatable bonds is 1. The van der Waals surface area contributed by atoms with Crippen molar-refractivity contribution in [3.05, 3.63) is 70.0 Å². The molecule has 2 aliphatic rings. The molecular formula is C17H14Cl2N2. The summed E-state index contributed by atoms with van der Waals surface area (Å²) in [5, 5.41) is 5.13. The minimum absolute atomic E-state index is 0.233. The molecule has 21 heavy (non-hydrogen) atoms. The van der Waals surface area contributed by atoms with Crippen LogP contribution in [0.2, 0.25) is 10.0 Å². The molecule has 2 aromatic rings. The normalized spacial score (nSPS) is 26.1. The molecule has 106 valence electrons. The van der Waals surface area contributed by atoms with Gasteiger partial charge in [0.2, 0.25) is 0 Å². The zero-order chi connectivity index (χ0) is 14.4. The number of hydrogen-bond donors (Lipinski definition) is 1. The Balaban J connectivity index is 1.86. The maximum atomic E-state index is 6.43. The van der Waals surface area contributed by atoms with Gasteiger partial charge in [-0.1, -0.05) is 35.4 Å². The number of allylic oxidation sites excluding steroid dienone is 2. The molecule has 1 aromatic carbocycles. The fraction of sp³-hybridized carbons (Fsp3) is 0.235. The molecule has 0 fully saturated rings. The second kappa shape index (κ2) is 5.04. The second-order valence-electron chi connectivity index (χ2n) is 5.57. The summed E-state index contributed by atoms with van der Waals surface area (Å²) in [7, 11) is 0. The van der Waals surface area contributed by atoms with Crippen molar-refractivity contribution >= 4 is 28.9 Å². The third kappa shape index (κ3) is 2.05. The van der Waals surface area contributed by atoms with Gasteiger partial charge in [-0.05, 0) is 42.2 Å². The molecule has 0 spiro atoms. The van der Waals surface area contributed by atoms with Crippen molar-refractivity contribution in [2.45, 2.75) is 18.4 Å².